The quantitative estimate of drug-likeness (QED) is 0.333. The number of methoxy groups -OCH3 is 1. The lowest BCUT2D eigenvalue weighted by molar-refractivity contribution is 0.204. The maximum Gasteiger partial charge on any atom is 0.240 e. The Morgan fingerprint density at radius 1 is 1.07 bits per heavy atom. The zero-order valence-corrected chi connectivity index (χ0v) is 16.7. The predicted octanol–water partition coefficient (Wildman–Crippen LogP) is 1.62. The molecule has 2 aromatic carbocycles. The van der Waals surface area contributed by atoms with Crippen LogP contribution in [0.25, 0.3) is 0 Å². The van der Waals surface area contributed by atoms with Crippen LogP contribution in [0.1, 0.15) is 11.1 Å². The summed E-state index contributed by atoms with van der Waals surface area (Å²) in [5, 5.41) is 6.20. The van der Waals surface area contributed by atoms with Crippen LogP contribution in [0.2, 0.25) is 0 Å². The summed E-state index contributed by atoms with van der Waals surface area (Å²) in [6, 6.07) is 12.9. The molecule has 0 bridgehead atoms. The normalized spacial score (nSPS) is 12.0. The fourth-order valence-corrected chi connectivity index (χ4v) is 3.51. The highest BCUT2D eigenvalue weighted by atomic mass is 32.2. The van der Waals surface area contributed by atoms with Gasteiger partial charge < -0.3 is 15.4 Å². The number of benzene rings is 2. The Hall–Kier alpha value is -2.49. The number of rotatable bonds is 9. The van der Waals surface area contributed by atoms with Crippen LogP contribution in [0, 0.1) is 5.82 Å². The summed E-state index contributed by atoms with van der Waals surface area (Å²) in [5.74, 6) is 0.232. The molecule has 0 aliphatic carbocycles. The Kier molecular flexibility index (Phi) is 8.37. The third-order valence-electron chi connectivity index (χ3n) is 3.84. The summed E-state index contributed by atoms with van der Waals surface area (Å²) in [6.45, 7) is 1.30. The number of ether oxygens (including phenoxy) is 1. The summed E-state index contributed by atoms with van der Waals surface area (Å²) in [5.41, 5.74) is 1.57. The minimum atomic E-state index is -3.59. The zero-order chi connectivity index (χ0) is 20.4. The van der Waals surface area contributed by atoms with Crippen molar-refractivity contribution in [2.45, 2.75) is 18.0 Å². The topological polar surface area (TPSA) is 91.8 Å². The smallest absolute Gasteiger partial charge is 0.240 e. The Morgan fingerprint density at radius 2 is 1.71 bits per heavy atom. The molecule has 28 heavy (non-hydrogen) atoms. The molecule has 0 spiro atoms. The van der Waals surface area contributed by atoms with Crippen LogP contribution in [0.3, 0.4) is 0 Å². The van der Waals surface area contributed by atoms with Crippen molar-refractivity contribution < 1.29 is 17.5 Å². The van der Waals surface area contributed by atoms with Crippen molar-refractivity contribution >= 4 is 16.0 Å². The molecule has 3 N–H and O–H groups in total. The van der Waals surface area contributed by atoms with E-state index in [-0.39, 0.29) is 17.3 Å². The average molecular weight is 408 g/mol. The zero-order valence-electron chi connectivity index (χ0n) is 15.9. The first-order valence-corrected chi connectivity index (χ1v) is 10.2. The van der Waals surface area contributed by atoms with Gasteiger partial charge in [-0.1, -0.05) is 24.3 Å². The van der Waals surface area contributed by atoms with E-state index in [4.69, 9.17) is 4.74 Å². The van der Waals surface area contributed by atoms with Crippen molar-refractivity contribution in [3.8, 4) is 0 Å². The second-order valence-electron chi connectivity index (χ2n) is 5.95. The molecule has 152 valence electrons. The molecule has 0 unspecified atom stereocenters. The Balaban J connectivity index is 1.93. The van der Waals surface area contributed by atoms with Gasteiger partial charge in [-0.25, -0.2) is 17.5 Å². The molecule has 0 heterocycles. The third kappa shape index (κ3) is 6.91. The van der Waals surface area contributed by atoms with Crippen molar-refractivity contribution in [2.24, 2.45) is 4.99 Å². The van der Waals surface area contributed by atoms with Gasteiger partial charge in [0.05, 0.1) is 11.5 Å². The van der Waals surface area contributed by atoms with Gasteiger partial charge in [0.2, 0.25) is 10.0 Å². The second kappa shape index (κ2) is 10.7. The molecule has 2 rings (SSSR count). The van der Waals surface area contributed by atoms with E-state index in [0.717, 1.165) is 11.1 Å². The largest absolute Gasteiger partial charge is 0.383 e. The van der Waals surface area contributed by atoms with Gasteiger partial charge in [0.1, 0.15) is 5.82 Å². The molecule has 0 amide bonds. The van der Waals surface area contributed by atoms with E-state index in [0.29, 0.717) is 25.7 Å². The molecule has 7 nitrogen and oxygen atoms in total. The van der Waals surface area contributed by atoms with Gasteiger partial charge in [0, 0.05) is 33.8 Å². The van der Waals surface area contributed by atoms with Crippen LogP contribution in [0.15, 0.2) is 58.4 Å². The molecule has 0 atom stereocenters. The average Bonchev–Trinajstić information content (AvgIpc) is 2.68. The molecule has 0 aliphatic heterocycles. The third-order valence-corrected chi connectivity index (χ3v) is 5.30. The molecular formula is C19H25FN4O3S. The van der Waals surface area contributed by atoms with E-state index in [1.807, 2.05) is 12.1 Å². The maximum atomic E-state index is 13.2. The van der Waals surface area contributed by atoms with Crippen molar-refractivity contribution in [2.75, 3.05) is 27.3 Å². The van der Waals surface area contributed by atoms with Gasteiger partial charge in [-0.15, -0.1) is 0 Å². The number of nitrogens with zero attached hydrogens (tertiary/aromatic N) is 1. The first-order valence-electron chi connectivity index (χ1n) is 8.71. The summed E-state index contributed by atoms with van der Waals surface area (Å²) >= 11 is 0. The summed E-state index contributed by atoms with van der Waals surface area (Å²) in [7, 11) is -0.452. The van der Waals surface area contributed by atoms with Crippen LogP contribution in [0.4, 0.5) is 4.39 Å². The van der Waals surface area contributed by atoms with Gasteiger partial charge in [-0.3, -0.25) is 4.99 Å². The lowest BCUT2D eigenvalue weighted by Crippen LogP contribution is -2.36. The highest BCUT2D eigenvalue weighted by molar-refractivity contribution is 7.89. The van der Waals surface area contributed by atoms with E-state index >= 15 is 0 Å². The van der Waals surface area contributed by atoms with E-state index in [1.165, 1.54) is 25.3 Å². The molecule has 0 saturated heterocycles. The number of halogens is 1. The number of nitrogens with one attached hydrogen (secondary N) is 3. The van der Waals surface area contributed by atoms with Gasteiger partial charge >= 0.3 is 0 Å². The number of sulfonamides is 1. The predicted molar refractivity (Wildman–Crippen MR) is 107 cm³/mol. The molecule has 0 aromatic heterocycles. The first kappa shape index (κ1) is 21.8. The van der Waals surface area contributed by atoms with Crippen molar-refractivity contribution in [1.82, 2.24) is 15.4 Å². The summed E-state index contributed by atoms with van der Waals surface area (Å²) < 4.78 is 45.2. The first-order chi connectivity index (χ1) is 13.4. The van der Waals surface area contributed by atoms with Crippen molar-refractivity contribution in [3.05, 3.63) is 65.5 Å². The molecule has 0 saturated carbocycles. The Morgan fingerprint density at radius 3 is 2.32 bits per heavy atom. The fraction of sp³-hybridized carbons (Fsp3) is 0.316. The second-order valence-corrected chi connectivity index (χ2v) is 7.71. The standard InChI is InChI=1S/C19H25FN4O3S/c1-21-19(22-13-15-5-3-7-17(20)11-15)23-14-16-6-4-8-18(12-16)28(25,26)24-9-10-27-2/h3-8,11-12,24H,9-10,13-14H2,1-2H3,(H2,21,22,23). The highest BCUT2D eigenvalue weighted by Gasteiger charge is 2.13. The van der Waals surface area contributed by atoms with Gasteiger partial charge in [-0.2, -0.15) is 0 Å². The highest BCUT2D eigenvalue weighted by Crippen LogP contribution is 2.11. The molecule has 9 heteroatoms. The maximum absolute atomic E-state index is 13.2. The monoisotopic (exact) mass is 408 g/mol. The van der Waals surface area contributed by atoms with Crippen molar-refractivity contribution in [3.63, 3.8) is 0 Å². The van der Waals surface area contributed by atoms with Crippen LogP contribution in [-0.4, -0.2) is 41.7 Å². The van der Waals surface area contributed by atoms with Crippen LogP contribution in [-0.2, 0) is 27.8 Å². The van der Waals surface area contributed by atoms with Gasteiger partial charge in [0.25, 0.3) is 0 Å². The fourth-order valence-electron chi connectivity index (χ4n) is 2.42. The minimum absolute atomic E-state index is 0.186. The van der Waals surface area contributed by atoms with E-state index in [1.54, 1.807) is 25.2 Å². The van der Waals surface area contributed by atoms with Crippen LogP contribution >= 0.6 is 0 Å². The molecule has 2 aromatic rings. The van der Waals surface area contributed by atoms with E-state index in [2.05, 4.69) is 20.3 Å². The number of guanidine groups is 1. The SMILES string of the molecule is CN=C(NCc1cccc(F)c1)NCc1cccc(S(=O)(=O)NCCOC)c1. The summed E-state index contributed by atoms with van der Waals surface area (Å²) in [4.78, 5) is 4.30. The van der Waals surface area contributed by atoms with E-state index in [9.17, 15) is 12.8 Å². The number of aliphatic imine (C=N–C) groups is 1. The molecular weight excluding hydrogens is 383 g/mol. The number of hydrogen-bond acceptors (Lipinski definition) is 4. The summed E-state index contributed by atoms with van der Waals surface area (Å²) in [6.07, 6.45) is 0. The lowest BCUT2D eigenvalue weighted by Gasteiger charge is -2.13. The van der Waals surface area contributed by atoms with Crippen LogP contribution < -0.4 is 15.4 Å². The Labute approximate surface area is 165 Å². The van der Waals surface area contributed by atoms with E-state index < -0.39 is 10.0 Å². The molecule has 0 aliphatic rings. The van der Waals surface area contributed by atoms with Gasteiger partial charge in [0.15, 0.2) is 5.96 Å². The Bertz CT molecular complexity index is 904. The van der Waals surface area contributed by atoms with Gasteiger partial charge in [-0.05, 0) is 35.4 Å². The molecule has 0 fully saturated rings. The van der Waals surface area contributed by atoms with Crippen LogP contribution in [0.5, 0.6) is 0 Å². The molecule has 0 radical (unpaired) electrons. The minimum Gasteiger partial charge on any atom is -0.383 e. The lowest BCUT2D eigenvalue weighted by atomic mass is 10.2. The number of hydrogen-bond donors (Lipinski definition) is 3. The van der Waals surface area contributed by atoms with Crippen molar-refractivity contribution in [1.29, 1.82) is 0 Å².